The van der Waals surface area contributed by atoms with Gasteiger partial charge in [0.05, 0.1) is 19.7 Å². The second-order valence-corrected chi connectivity index (χ2v) is 3.69. The number of ether oxygens (including phenoxy) is 1. The second kappa shape index (κ2) is 6.16. The molecule has 1 aliphatic heterocycles. The van der Waals surface area contributed by atoms with Gasteiger partial charge in [-0.2, -0.15) is 0 Å². The van der Waals surface area contributed by atoms with Crippen LogP contribution in [0, 0.1) is 0 Å². The molecule has 17 heavy (non-hydrogen) atoms. The van der Waals surface area contributed by atoms with Crippen LogP contribution in [0.2, 0.25) is 0 Å². The van der Waals surface area contributed by atoms with Crippen molar-refractivity contribution >= 4 is 17.7 Å². The van der Waals surface area contributed by atoms with Crippen LogP contribution in [0.25, 0.3) is 0 Å². The average Bonchev–Trinajstić information content (AvgIpc) is 2.27. The lowest BCUT2D eigenvalue weighted by atomic mass is 10.2. The molecule has 8 nitrogen and oxygen atoms in total. The highest BCUT2D eigenvalue weighted by atomic mass is 16.5. The summed E-state index contributed by atoms with van der Waals surface area (Å²) in [6.45, 7) is 0.711. The van der Waals surface area contributed by atoms with Crippen LogP contribution in [-0.2, 0) is 19.1 Å². The van der Waals surface area contributed by atoms with E-state index in [-0.39, 0.29) is 13.1 Å². The molecule has 0 radical (unpaired) electrons. The third kappa shape index (κ3) is 4.37. The van der Waals surface area contributed by atoms with Crippen molar-refractivity contribution in [2.45, 2.75) is 6.10 Å². The van der Waals surface area contributed by atoms with Gasteiger partial charge in [0.2, 0.25) is 11.8 Å². The van der Waals surface area contributed by atoms with Gasteiger partial charge in [-0.1, -0.05) is 0 Å². The first-order valence-electron chi connectivity index (χ1n) is 5.18. The first-order valence-corrected chi connectivity index (χ1v) is 5.18. The molecule has 1 unspecified atom stereocenters. The van der Waals surface area contributed by atoms with Crippen molar-refractivity contribution in [2.24, 2.45) is 11.5 Å². The number of rotatable bonds is 5. The maximum atomic E-state index is 11.9. The van der Waals surface area contributed by atoms with Gasteiger partial charge < -0.3 is 26.4 Å². The molecule has 0 bridgehead atoms. The zero-order valence-electron chi connectivity index (χ0n) is 9.35. The van der Waals surface area contributed by atoms with Crippen LogP contribution in [0.3, 0.4) is 0 Å². The molecule has 0 aromatic carbocycles. The number of carbonyl (C=O) groups is 3. The maximum absolute atomic E-state index is 11.9. The van der Waals surface area contributed by atoms with Crippen LogP contribution >= 0.6 is 0 Å². The molecule has 0 saturated carbocycles. The van der Waals surface area contributed by atoms with E-state index in [1.54, 1.807) is 0 Å². The third-order valence-corrected chi connectivity index (χ3v) is 2.21. The fraction of sp³-hybridized carbons (Fsp3) is 0.667. The Kier molecular flexibility index (Phi) is 4.85. The number of nitrogens with two attached hydrogens (primary N) is 2. The van der Waals surface area contributed by atoms with Gasteiger partial charge in [-0.3, -0.25) is 14.4 Å². The fourth-order valence-electron chi connectivity index (χ4n) is 1.52. The van der Waals surface area contributed by atoms with E-state index >= 15 is 0 Å². The minimum Gasteiger partial charge on any atom is -0.368 e. The van der Waals surface area contributed by atoms with E-state index in [9.17, 15) is 14.4 Å². The van der Waals surface area contributed by atoms with Crippen LogP contribution in [0.15, 0.2) is 0 Å². The van der Waals surface area contributed by atoms with Gasteiger partial charge >= 0.3 is 0 Å². The third-order valence-electron chi connectivity index (χ3n) is 2.21. The topological polar surface area (TPSA) is 128 Å². The summed E-state index contributed by atoms with van der Waals surface area (Å²) in [7, 11) is 0. The summed E-state index contributed by atoms with van der Waals surface area (Å²) in [6, 6.07) is 0. The van der Waals surface area contributed by atoms with Crippen LogP contribution in [0.5, 0.6) is 0 Å². The normalized spacial score (nSPS) is 19.6. The molecule has 1 heterocycles. The summed E-state index contributed by atoms with van der Waals surface area (Å²) in [6.07, 6.45) is -0.706. The lowest BCUT2D eigenvalue weighted by Gasteiger charge is -2.28. The Balaban J connectivity index is 2.63. The first-order chi connectivity index (χ1) is 8.00. The molecule has 8 heteroatoms. The van der Waals surface area contributed by atoms with E-state index in [0.29, 0.717) is 19.7 Å². The molecular weight excluding hydrogens is 228 g/mol. The summed E-state index contributed by atoms with van der Waals surface area (Å²) in [5.41, 5.74) is 9.99. The molecule has 3 amide bonds. The quantitative estimate of drug-likeness (QED) is 0.468. The van der Waals surface area contributed by atoms with E-state index in [0.717, 1.165) is 4.90 Å². The van der Waals surface area contributed by atoms with Crippen LogP contribution in [-0.4, -0.2) is 61.5 Å². The summed E-state index contributed by atoms with van der Waals surface area (Å²) in [5.74, 6) is -1.87. The molecule has 1 atom stereocenters. The summed E-state index contributed by atoms with van der Waals surface area (Å²) in [4.78, 5) is 34.5. The predicted octanol–water partition coefficient (Wildman–Crippen LogP) is -3.23. The van der Waals surface area contributed by atoms with Gasteiger partial charge in [0.15, 0.2) is 0 Å². The molecule has 0 aliphatic carbocycles. The predicted molar refractivity (Wildman–Crippen MR) is 57.6 cm³/mol. The number of carbonyl (C=O) groups excluding carboxylic acids is 3. The fourth-order valence-corrected chi connectivity index (χ4v) is 1.52. The summed E-state index contributed by atoms with van der Waals surface area (Å²) in [5, 5.41) is 2.97. The summed E-state index contributed by atoms with van der Waals surface area (Å²) < 4.78 is 5.23. The largest absolute Gasteiger partial charge is 0.368 e. The highest BCUT2D eigenvalue weighted by Crippen LogP contribution is 2.02. The van der Waals surface area contributed by atoms with Crippen LogP contribution in [0.1, 0.15) is 0 Å². The van der Waals surface area contributed by atoms with E-state index in [1.807, 2.05) is 0 Å². The Morgan fingerprint density at radius 3 is 2.24 bits per heavy atom. The number of nitrogens with one attached hydrogen (secondary N) is 1. The first kappa shape index (κ1) is 13.4. The van der Waals surface area contributed by atoms with Crippen molar-refractivity contribution in [3.8, 4) is 0 Å². The second-order valence-electron chi connectivity index (χ2n) is 3.69. The van der Waals surface area contributed by atoms with Gasteiger partial charge in [-0.25, -0.2) is 0 Å². The van der Waals surface area contributed by atoms with Crippen molar-refractivity contribution in [3.63, 3.8) is 0 Å². The zero-order chi connectivity index (χ0) is 12.8. The van der Waals surface area contributed by atoms with Gasteiger partial charge in [0.25, 0.3) is 5.91 Å². The molecule has 96 valence electrons. The van der Waals surface area contributed by atoms with Gasteiger partial charge in [-0.15, -0.1) is 0 Å². The standard InChI is InChI=1S/C9H16N4O4/c10-7(14)4-13(5-8(11)15)9(16)6-3-12-1-2-17-6/h6,12H,1-5H2,(H2,10,14)(H2,11,15). The highest BCUT2D eigenvalue weighted by molar-refractivity contribution is 5.90. The number of hydrogen-bond acceptors (Lipinski definition) is 5. The van der Waals surface area contributed by atoms with E-state index in [4.69, 9.17) is 16.2 Å². The molecule has 1 aliphatic rings. The molecular formula is C9H16N4O4. The van der Waals surface area contributed by atoms with Crippen molar-refractivity contribution in [2.75, 3.05) is 32.8 Å². The number of primary amides is 2. The zero-order valence-corrected chi connectivity index (χ0v) is 9.35. The lowest BCUT2D eigenvalue weighted by Crippen LogP contribution is -2.53. The SMILES string of the molecule is NC(=O)CN(CC(N)=O)C(=O)C1CNCCO1. The van der Waals surface area contributed by atoms with Crippen molar-refractivity contribution < 1.29 is 19.1 Å². The average molecular weight is 244 g/mol. The Hall–Kier alpha value is -1.67. The number of hydrogen-bond donors (Lipinski definition) is 3. The molecule has 1 rings (SSSR count). The minimum absolute atomic E-state index is 0.340. The molecule has 1 saturated heterocycles. The van der Waals surface area contributed by atoms with Crippen LogP contribution in [0.4, 0.5) is 0 Å². The van der Waals surface area contributed by atoms with Crippen molar-refractivity contribution in [3.05, 3.63) is 0 Å². The van der Waals surface area contributed by atoms with E-state index in [2.05, 4.69) is 5.32 Å². The van der Waals surface area contributed by atoms with Crippen LogP contribution < -0.4 is 16.8 Å². The lowest BCUT2D eigenvalue weighted by molar-refractivity contribution is -0.149. The van der Waals surface area contributed by atoms with Gasteiger partial charge in [0, 0.05) is 13.1 Å². The molecule has 1 fully saturated rings. The molecule has 5 N–H and O–H groups in total. The minimum atomic E-state index is -0.706. The van der Waals surface area contributed by atoms with E-state index < -0.39 is 23.8 Å². The Bertz CT molecular complexity index is 298. The molecule has 0 aromatic rings. The Morgan fingerprint density at radius 2 is 1.82 bits per heavy atom. The van der Waals surface area contributed by atoms with Crippen molar-refractivity contribution in [1.82, 2.24) is 10.2 Å². The maximum Gasteiger partial charge on any atom is 0.253 e. The Labute approximate surface area is 98.2 Å². The van der Waals surface area contributed by atoms with Gasteiger partial charge in [0.1, 0.15) is 6.10 Å². The number of amides is 3. The number of nitrogens with zero attached hydrogens (tertiary/aromatic N) is 1. The van der Waals surface area contributed by atoms with E-state index in [1.165, 1.54) is 0 Å². The van der Waals surface area contributed by atoms with Gasteiger partial charge in [-0.05, 0) is 0 Å². The Morgan fingerprint density at radius 1 is 1.24 bits per heavy atom. The highest BCUT2D eigenvalue weighted by Gasteiger charge is 2.28. The summed E-state index contributed by atoms with van der Waals surface area (Å²) >= 11 is 0. The molecule has 0 aromatic heterocycles. The molecule has 0 spiro atoms. The van der Waals surface area contributed by atoms with Crippen molar-refractivity contribution in [1.29, 1.82) is 0 Å². The monoisotopic (exact) mass is 244 g/mol. The smallest absolute Gasteiger partial charge is 0.253 e. The number of morpholine rings is 1.